The number of hydrogen-bond donors (Lipinski definition) is 2. The van der Waals surface area contributed by atoms with E-state index < -0.39 is 12.2 Å². The third-order valence-corrected chi connectivity index (χ3v) is 5.48. The number of halogens is 1. The molecule has 0 spiro atoms. The first-order chi connectivity index (χ1) is 13.0. The van der Waals surface area contributed by atoms with E-state index in [1.54, 1.807) is 0 Å². The van der Waals surface area contributed by atoms with Crippen LogP contribution in [0, 0.1) is 6.92 Å². The van der Waals surface area contributed by atoms with Gasteiger partial charge >= 0.3 is 0 Å². The van der Waals surface area contributed by atoms with Crippen molar-refractivity contribution < 1.29 is 10.2 Å². The summed E-state index contributed by atoms with van der Waals surface area (Å²) in [6, 6.07) is 16.1. The zero-order valence-corrected chi connectivity index (χ0v) is 16.0. The number of aliphatic hydroxyl groups excluding tert-OH is 2. The topological polar surface area (TPSA) is 56.6 Å². The SMILES string of the molecule is Cc1cccc2cc(CN3CC[C@H](O)[C@@H](O)C3)c(-c3cccc(Cl)c3)nc12. The first-order valence-corrected chi connectivity index (χ1v) is 9.63. The Morgan fingerprint density at radius 2 is 1.93 bits per heavy atom. The standard InChI is InChI=1S/C22H23ClN2O2/c1-14-4-2-5-15-10-17(12-25-9-8-19(26)20(27)13-25)22(24-21(14)15)16-6-3-7-18(23)11-16/h2-7,10-11,19-20,26-27H,8-9,12-13H2,1H3/t19-,20-/m0/s1. The van der Waals surface area contributed by atoms with Crippen LogP contribution < -0.4 is 0 Å². The molecule has 140 valence electrons. The first-order valence-electron chi connectivity index (χ1n) is 9.25. The molecular formula is C22H23ClN2O2. The highest BCUT2D eigenvalue weighted by Crippen LogP contribution is 2.30. The van der Waals surface area contributed by atoms with Crippen molar-refractivity contribution >= 4 is 22.5 Å². The van der Waals surface area contributed by atoms with Crippen molar-refractivity contribution in [3.63, 3.8) is 0 Å². The molecule has 2 atom stereocenters. The molecule has 4 nitrogen and oxygen atoms in total. The minimum absolute atomic E-state index is 0.460. The van der Waals surface area contributed by atoms with Gasteiger partial charge in [-0.1, -0.05) is 41.9 Å². The van der Waals surface area contributed by atoms with Crippen LogP contribution in [0.15, 0.2) is 48.5 Å². The Labute approximate surface area is 164 Å². The molecule has 1 aliphatic rings. The van der Waals surface area contributed by atoms with Crippen molar-refractivity contribution in [2.45, 2.75) is 32.1 Å². The number of piperidine rings is 1. The number of benzene rings is 2. The summed E-state index contributed by atoms with van der Waals surface area (Å²) < 4.78 is 0. The first kappa shape index (κ1) is 18.4. The summed E-state index contributed by atoms with van der Waals surface area (Å²) in [5.74, 6) is 0. The summed E-state index contributed by atoms with van der Waals surface area (Å²) in [5.41, 5.74) is 5.13. The highest BCUT2D eigenvalue weighted by atomic mass is 35.5. The smallest absolute Gasteiger partial charge is 0.0926 e. The molecule has 1 aliphatic heterocycles. The normalized spacial score (nSPS) is 20.9. The van der Waals surface area contributed by atoms with Crippen molar-refractivity contribution in [2.75, 3.05) is 13.1 Å². The average Bonchev–Trinajstić information content (AvgIpc) is 2.65. The fourth-order valence-corrected chi connectivity index (χ4v) is 3.96. The lowest BCUT2D eigenvalue weighted by molar-refractivity contribution is -0.0403. The number of aromatic nitrogens is 1. The van der Waals surface area contributed by atoms with E-state index in [1.165, 1.54) is 0 Å². The quantitative estimate of drug-likeness (QED) is 0.723. The molecule has 0 aliphatic carbocycles. The summed E-state index contributed by atoms with van der Waals surface area (Å²) in [5, 5.41) is 21.6. The van der Waals surface area contributed by atoms with Crippen LogP contribution in [0.1, 0.15) is 17.5 Å². The number of pyridine rings is 1. The third-order valence-electron chi connectivity index (χ3n) is 5.25. The van der Waals surface area contributed by atoms with Gasteiger partial charge in [0.2, 0.25) is 0 Å². The van der Waals surface area contributed by atoms with E-state index in [4.69, 9.17) is 16.6 Å². The van der Waals surface area contributed by atoms with Gasteiger partial charge < -0.3 is 10.2 Å². The van der Waals surface area contributed by atoms with E-state index in [0.29, 0.717) is 24.5 Å². The molecule has 0 radical (unpaired) electrons. The molecule has 2 N–H and O–H groups in total. The van der Waals surface area contributed by atoms with Crippen molar-refractivity contribution in [1.82, 2.24) is 9.88 Å². The number of fused-ring (bicyclic) bond motifs is 1. The van der Waals surface area contributed by atoms with Gasteiger partial charge in [-0.2, -0.15) is 0 Å². The Kier molecular flexibility index (Phi) is 5.15. The molecule has 2 aromatic carbocycles. The summed E-state index contributed by atoms with van der Waals surface area (Å²) in [4.78, 5) is 7.16. The molecular weight excluding hydrogens is 360 g/mol. The van der Waals surface area contributed by atoms with Gasteiger partial charge in [-0.15, -0.1) is 0 Å². The molecule has 0 bridgehead atoms. The van der Waals surface area contributed by atoms with Gasteiger partial charge in [0.15, 0.2) is 0 Å². The highest BCUT2D eigenvalue weighted by molar-refractivity contribution is 6.30. The molecule has 0 saturated carbocycles. The second-order valence-electron chi connectivity index (χ2n) is 7.31. The number of likely N-dealkylation sites (tertiary alicyclic amines) is 1. The van der Waals surface area contributed by atoms with Crippen molar-refractivity contribution in [3.05, 3.63) is 64.7 Å². The molecule has 4 rings (SSSR count). The van der Waals surface area contributed by atoms with E-state index in [9.17, 15) is 10.2 Å². The third kappa shape index (κ3) is 3.85. The number of aryl methyl sites for hydroxylation is 1. The van der Waals surface area contributed by atoms with Crippen molar-refractivity contribution in [1.29, 1.82) is 0 Å². The molecule has 1 saturated heterocycles. The van der Waals surface area contributed by atoms with Crippen LogP contribution in [0.2, 0.25) is 5.02 Å². The number of rotatable bonds is 3. The van der Waals surface area contributed by atoms with E-state index in [1.807, 2.05) is 30.3 Å². The highest BCUT2D eigenvalue weighted by Gasteiger charge is 2.26. The number of nitrogens with zero attached hydrogens (tertiary/aromatic N) is 2. The fraction of sp³-hybridized carbons (Fsp3) is 0.318. The van der Waals surface area contributed by atoms with E-state index in [0.717, 1.165) is 39.8 Å². The van der Waals surface area contributed by atoms with Crippen LogP contribution in [-0.2, 0) is 6.54 Å². The summed E-state index contributed by atoms with van der Waals surface area (Å²) in [6.45, 7) is 3.95. The van der Waals surface area contributed by atoms with E-state index in [-0.39, 0.29) is 0 Å². The van der Waals surface area contributed by atoms with Gasteiger partial charge in [0, 0.05) is 35.6 Å². The van der Waals surface area contributed by atoms with Crippen molar-refractivity contribution in [2.24, 2.45) is 0 Å². The molecule has 0 amide bonds. The van der Waals surface area contributed by atoms with Crippen molar-refractivity contribution in [3.8, 4) is 11.3 Å². The predicted octanol–water partition coefficient (Wildman–Crippen LogP) is 3.79. The monoisotopic (exact) mass is 382 g/mol. The Hall–Kier alpha value is -1.98. The number of β-amino-alcohol motifs (C(OH)–C–C–N with tert-alkyl or cyclic N) is 1. The molecule has 5 heteroatoms. The lowest BCUT2D eigenvalue weighted by Gasteiger charge is -2.33. The lowest BCUT2D eigenvalue weighted by Crippen LogP contribution is -2.46. The Balaban J connectivity index is 1.79. The van der Waals surface area contributed by atoms with Gasteiger partial charge in [0.25, 0.3) is 0 Å². The summed E-state index contributed by atoms with van der Waals surface area (Å²) >= 11 is 6.22. The number of aliphatic hydroxyl groups is 2. The van der Waals surface area contributed by atoms with E-state index in [2.05, 4.69) is 30.0 Å². The average molecular weight is 383 g/mol. The Bertz CT molecular complexity index is 976. The molecule has 27 heavy (non-hydrogen) atoms. The minimum atomic E-state index is -0.705. The largest absolute Gasteiger partial charge is 0.390 e. The fourth-order valence-electron chi connectivity index (χ4n) is 3.77. The zero-order valence-electron chi connectivity index (χ0n) is 15.3. The zero-order chi connectivity index (χ0) is 19.0. The van der Waals surface area contributed by atoms with Crippen LogP contribution in [-0.4, -0.2) is 45.4 Å². The molecule has 0 unspecified atom stereocenters. The molecule has 3 aromatic rings. The van der Waals surface area contributed by atoms with Gasteiger partial charge in [-0.05, 0) is 42.7 Å². The second kappa shape index (κ2) is 7.56. The Morgan fingerprint density at radius 1 is 1.11 bits per heavy atom. The van der Waals surface area contributed by atoms with Crippen LogP contribution >= 0.6 is 11.6 Å². The lowest BCUT2D eigenvalue weighted by atomic mass is 9.99. The maximum absolute atomic E-state index is 10.0. The van der Waals surface area contributed by atoms with Gasteiger partial charge in [-0.3, -0.25) is 4.90 Å². The van der Waals surface area contributed by atoms with Gasteiger partial charge in [0.1, 0.15) is 0 Å². The summed E-state index contributed by atoms with van der Waals surface area (Å²) in [6.07, 6.45) is -0.761. The van der Waals surface area contributed by atoms with Crippen LogP contribution in [0.5, 0.6) is 0 Å². The van der Waals surface area contributed by atoms with Crippen LogP contribution in [0.25, 0.3) is 22.2 Å². The Morgan fingerprint density at radius 3 is 2.70 bits per heavy atom. The maximum atomic E-state index is 10.0. The van der Waals surface area contributed by atoms with E-state index >= 15 is 0 Å². The van der Waals surface area contributed by atoms with Crippen LogP contribution in [0.4, 0.5) is 0 Å². The molecule has 1 fully saturated rings. The van der Waals surface area contributed by atoms with Crippen LogP contribution in [0.3, 0.4) is 0 Å². The maximum Gasteiger partial charge on any atom is 0.0926 e. The molecule has 1 aromatic heterocycles. The number of hydrogen-bond acceptors (Lipinski definition) is 4. The number of para-hydroxylation sites is 1. The van der Waals surface area contributed by atoms with Gasteiger partial charge in [-0.25, -0.2) is 4.98 Å². The van der Waals surface area contributed by atoms with Gasteiger partial charge in [0.05, 0.1) is 23.4 Å². The minimum Gasteiger partial charge on any atom is -0.390 e. The summed E-state index contributed by atoms with van der Waals surface area (Å²) in [7, 11) is 0. The molecule has 2 heterocycles. The second-order valence-corrected chi connectivity index (χ2v) is 7.75. The predicted molar refractivity (Wildman–Crippen MR) is 109 cm³/mol.